The third kappa shape index (κ3) is 6.21. The van der Waals surface area contributed by atoms with Gasteiger partial charge in [0.25, 0.3) is 5.91 Å². The Balaban J connectivity index is 2.51. The molecule has 0 aromatic carbocycles. The van der Waals surface area contributed by atoms with Crippen molar-refractivity contribution in [3.8, 4) is 0 Å². The summed E-state index contributed by atoms with van der Waals surface area (Å²) in [4.78, 5) is 18.5. The maximum atomic E-state index is 12.4. The molecule has 0 saturated heterocycles. The first-order chi connectivity index (χ1) is 9.50. The highest BCUT2D eigenvalue weighted by Crippen LogP contribution is 2.07. The van der Waals surface area contributed by atoms with Crippen LogP contribution in [0.5, 0.6) is 0 Å². The molecule has 0 aliphatic carbocycles. The minimum absolute atomic E-state index is 0.00693. The van der Waals surface area contributed by atoms with Crippen LogP contribution in [-0.4, -0.2) is 75.0 Å². The van der Waals surface area contributed by atoms with Crippen LogP contribution >= 0.6 is 0 Å². The predicted octanol–water partition coefficient (Wildman–Crippen LogP) is 1.63. The number of hydrogen-bond acceptors (Lipinski definition) is 4. The highest BCUT2D eigenvalue weighted by molar-refractivity contribution is 5.91. The third-order valence-electron chi connectivity index (χ3n) is 3.09. The molecule has 0 bridgehead atoms. The van der Waals surface area contributed by atoms with Gasteiger partial charge in [-0.25, -0.2) is 0 Å². The van der Waals surface area contributed by atoms with Crippen LogP contribution in [0.25, 0.3) is 0 Å². The van der Waals surface area contributed by atoms with Crippen molar-refractivity contribution in [1.29, 1.82) is 0 Å². The van der Waals surface area contributed by atoms with Crippen LogP contribution in [0, 0.1) is 0 Å². The summed E-state index contributed by atoms with van der Waals surface area (Å²) in [5, 5.41) is 0. The van der Waals surface area contributed by atoms with E-state index in [0.29, 0.717) is 5.76 Å². The summed E-state index contributed by atoms with van der Waals surface area (Å²) in [7, 11) is 8.19. The molecule has 0 aliphatic heterocycles. The van der Waals surface area contributed by atoms with Crippen molar-refractivity contribution in [2.24, 2.45) is 0 Å². The largest absolute Gasteiger partial charge is 0.459 e. The summed E-state index contributed by atoms with van der Waals surface area (Å²) < 4.78 is 5.22. The van der Waals surface area contributed by atoms with Crippen molar-refractivity contribution in [3.05, 3.63) is 24.2 Å². The summed E-state index contributed by atoms with van der Waals surface area (Å²) >= 11 is 0. The van der Waals surface area contributed by atoms with Crippen molar-refractivity contribution in [1.82, 2.24) is 14.7 Å². The highest BCUT2D eigenvalue weighted by Gasteiger charge is 2.17. The first-order valence-corrected chi connectivity index (χ1v) is 7.13. The molecule has 0 N–H and O–H groups in total. The van der Waals surface area contributed by atoms with Crippen molar-refractivity contribution < 1.29 is 9.21 Å². The smallest absolute Gasteiger partial charge is 0.289 e. The van der Waals surface area contributed by atoms with Crippen LogP contribution in [0.4, 0.5) is 0 Å². The minimum Gasteiger partial charge on any atom is -0.459 e. The van der Waals surface area contributed by atoms with Crippen molar-refractivity contribution in [2.75, 3.05) is 54.4 Å². The van der Waals surface area contributed by atoms with Crippen LogP contribution in [0.15, 0.2) is 22.8 Å². The second-order valence-electron chi connectivity index (χ2n) is 5.58. The number of nitrogens with zero attached hydrogens (tertiary/aromatic N) is 3. The van der Waals surface area contributed by atoms with Crippen LogP contribution in [0.3, 0.4) is 0 Å². The number of rotatable bonds is 9. The van der Waals surface area contributed by atoms with Crippen LogP contribution in [0.2, 0.25) is 0 Å². The van der Waals surface area contributed by atoms with E-state index in [-0.39, 0.29) is 5.91 Å². The summed E-state index contributed by atoms with van der Waals surface area (Å²) in [6.07, 6.45) is 3.49. The fourth-order valence-corrected chi connectivity index (χ4v) is 2.03. The second-order valence-corrected chi connectivity index (χ2v) is 5.58. The molecule has 5 heteroatoms. The van der Waals surface area contributed by atoms with Gasteiger partial charge in [-0.1, -0.05) is 0 Å². The molecule has 0 spiro atoms. The topological polar surface area (TPSA) is 39.9 Å². The zero-order valence-electron chi connectivity index (χ0n) is 13.1. The van der Waals surface area contributed by atoms with E-state index in [0.717, 1.165) is 39.0 Å². The van der Waals surface area contributed by atoms with Gasteiger partial charge in [0.1, 0.15) is 0 Å². The van der Waals surface area contributed by atoms with E-state index in [1.807, 2.05) is 33.1 Å². The van der Waals surface area contributed by atoms with E-state index >= 15 is 0 Å². The van der Waals surface area contributed by atoms with Gasteiger partial charge in [0.15, 0.2) is 5.76 Å². The molecule has 1 rings (SSSR count). The Morgan fingerprint density at radius 1 is 1.00 bits per heavy atom. The van der Waals surface area contributed by atoms with E-state index in [1.54, 1.807) is 18.4 Å². The molecule has 0 radical (unpaired) electrons. The molecule has 114 valence electrons. The molecule has 1 amide bonds. The SMILES string of the molecule is CN(C)CCCN(CCCN(C)C)C(=O)c1ccco1. The van der Waals surface area contributed by atoms with Gasteiger partial charge in [-0.15, -0.1) is 0 Å². The monoisotopic (exact) mass is 281 g/mol. The third-order valence-corrected chi connectivity index (χ3v) is 3.09. The molecule has 0 aliphatic rings. The van der Waals surface area contributed by atoms with E-state index in [2.05, 4.69) is 9.80 Å². The number of furan rings is 1. The maximum absolute atomic E-state index is 12.4. The second kappa shape index (κ2) is 8.76. The Morgan fingerprint density at radius 2 is 1.55 bits per heavy atom. The molecule has 1 heterocycles. The summed E-state index contributed by atoms with van der Waals surface area (Å²) in [5.74, 6) is 0.423. The average molecular weight is 281 g/mol. The molecule has 0 saturated carbocycles. The lowest BCUT2D eigenvalue weighted by molar-refractivity contribution is 0.0712. The molecule has 1 aromatic heterocycles. The fourth-order valence-electron chi connectivity index (χ4n) is 2.03. The molecular weight excluding hydrogens is 254 g/mol. The van der Waals surface area contributed by atoms with Gasteiger partial charge >= 0.3 is 0 Å². The van der Waals surface area contributed by atoms with Gasteiger partial charge in [-0.2, -0.15) is 0 Å². The molecule has 20 heavy (non-hydrogen) atoms. The summed E-state index contributed by atoms with van der Waals surface area (Å²) in [6, 6.07) is 3.48. The van der Waals surface area contributed by atoms with Gasteiger partial charge in [0.05, 0.1) is 6.26 Å². The predicted molar refractivity (Wildman–Crippen MR) is 81.0 cm³/mol. The Bertz CT molecular complexity index is 360. The lowest BCUT2D eigenvalue weighted by atomic mass is 10.3. The zero-order chi connectivity index (χ0) is 15.0. The van der Waals surface area contributed by atoms with E-state index in [1.165, 1.54) is 0 Å². The number of carbonyl (C=O) groups excluding carboxylic acids is 1. The summed E-state index contributed by atoms with van der Waals surface area (Å²) in [6.45, 7) is 3.50. The fraction of sp³-hybridized carbons (Fsp3) is 0.667. The highest BCUT2D eigenvalue weighted by atomic mass is 16.3. The van der Waals surface area contributed by atoms with Gasteiger partial charge in [-0.05, 0) is 66.3 Å². The van der Waals surface area contributed by atoms with Crippen molar-refractivity contribution in [2.45, 2.75) is 12.8 Å². The standard InChI is InChI=1S/C15H27N3O2/c1-16(2)9-6-11-18(12-7-10-17(3)4)15(19)14-8-5-13-20-14/h5,8,13H,6-7,9-12H2,1-4H3. The van der Waals surface area contributed by atoms with Crippen LogP contribution < -0.4 is 0 Å². The van der Waals surface area contributed by atoms with Gasteiger partial charge in [0.2, 0.25) is 0 Å². The normalized spacial score (nSPS) is 11.3. The van der Waals surface area contributed by atoms with E-state index in [9.17, 15) is 4.79 Å². The Hall–Kier alpha value is -1.33. The van der Waals surface area contributed by atoms with Crippen molar-refractivity contribution in [3.63, 3.8) is 0 Å². The first-order valence-electron chi connectivity index (χ1n) is 7.13. The van der Waals surface area contributed by atoms with Crippen LogP contribution in [0.1, 0.15) is 23.4 Å². The number of carbonyl (C=O) groups is 1. The number of amides is 1. The van der Waals surface area contributed by atoms with Crippen molar-refractivity contribution >= 4 is 5.91 Å². The molecular formula is C15H27N3O2. The van der Waals surface area contributed by atoms with E-state index < -0.39 is 0 Å². The minimum atomic E-state index is -0.00693. The maximum Gasteiger partial charge on any atom is 0.289 e. The van der Waals surface area contributed by atoms with E-state index in [4.69, 9.17) is 4.42 Å². The van der Waals surface area contributed by atoms with Gasteiger partial charge in [0, 0.05) is 13.1 Å². The zero-order valence-corrected chi connectivity index (χ0v) is 13.1. The molecule has 0 unspecified atom stereocenters. The molecule has 0 atom stereocenters. The lowest BCUT2D eigenvalue weighted by Gasteiger charge is -2.23. The average Bonchev–Trinajstić information content (AvgIpc) is 2.89. The van der Waals surface area contributed by atoms with Crippen LogP contribution in [-0.2, 0) is 0 Å². The van der Waals surface area contributed by atoms with Gasteiger partial charge in [-0.3, -0.25) is 4.79 Å². The Labute approximate surface area is 122 Å². The van der Waals surface area contributed by atoms with Gasteiger partial charge < -0.3 is 19.1 Å². The lowest BCUT2D eigenvalue weighted by Crippen LogP contribution is -2.35. The Kier molecular flexibility index (Phi) is 7.33. The Morgan fingerprint density at radius 3 is 1.95 bits per heavy atom. The first kappa shape index (κ1) is 16.7. The molecule has 0 fully saturated rings. The quantitative estimate of drug-likeness (QED) is 0.690. The molecule has 5 nitrogen and oxygen atoms in total. The number of hydrogen-bond donors (Lipinski definition) is 0. The molecule has 1 aromatic rings. The summed E-state index contributed by atoms with van der Waals surface area (Å²) in [5.41, 5.74) is 0.